The first kappa shape index (κ1) is 21.3. The first-order valence-corrected chi connectivity index (χ1v) is 10.4. The highest BCUT2D eigenvalue weighted by Crippen LogP contribution is 2.15. The van der Waals surface area contributed by atoms with Crippen LogP contribution in [0.5, 0.6) is 0 Å². The van der Waals surface area contributed by atoms with Crippen LogP contribution in [0.4, 0.5) is 0 Å². The number of rotatable bonds is 9. The van der Waals surface area contributed by atoms with Crippen molar-refractivity contribution in [1.29, 1.82) is 0 Å². The highest BCUT2D eigenvalue weighted by Gasteiger charge is 2.21. The Morgan fingerprint density at radius 3 is 2.78 bits per heavy atom. The summed E-state index contributed by atoms with van der Waals surface area (Å²) in [6.07, 6.45) is 1.60. The summed E-state index contributed by atoms with van der Waals surface area (Å²) in [6, 6.07) is 5.51. The van der Waals surface area contributed by atoms with Crippen LogP contribution in [0.1, 0.15) is 37.0 Å². The van der Waals surface area contributed by atoms with E-state index >= 15 is 0 Å². The summed E-state index contributed by atoms with van der Waals surface area (Å²) in [7, 11) is -3.77. The van der Waals surface area contributed by atoms with Gasteiger partial charge in [-0.15, -0.1) is 0 Å². The molecule has 1 aliphatic rings. The Balaban J connectivity index is 1.92. The molecule has 1 fully saturated rings. The Bertz CT molecular complexity index is 757. The second-order valence-corrected chi connectivity index (χ2v) is 8.56. The number of benzene rings is 1. The first-order chi connectivity index (χ1) is 12.8. The Labute approximate surface area is 159 Å². The molecular weight excluding hydrogens is 372 g/mol. The van der Waals surface area contributed by atoms with Gasteiger partial charge in [-0.1, -0.05) is 19.9 Å². The number of carbonyl (C=O) groups excluding carboxylic acids is 2. The fourth-order valence-corrected chi connectivity index (χ4v) is 3.58. The Morgan fingerprint density at radius 2 is 2.11 bits per heavy atom. The zero-order valence-electron chi connectivity index (χ0n) is 15.6. The number of ether oxygens (including phenoxy) is 2. The molecule has 1 amide bonds. The van der Waals surface area contributed by atoms with E-state index in [1.807, 2.05) is 13.8 Å². The van der Waals surface area contributed by atoms with Crippen LogP contribution in [0.3, 0.4) is 0 Å². The molecule has 27 heavy (non-hydrogen) atoms. The molecule has 0 spiro atoms. The Hall–Kier alpha value is -1.97. The van der Waals surface area contributed by atoms with Crippen molar-refractivity contribution < 1.29 is 27.5 Å². The van der Waals surface area contributed by atoms with Crippen molar-refractivity contribution in [2.24, 2.45) is 5.92 Å². The van der Waals surface area contributed by atoms with Gasteiger partial charge in [0.25, 0.3) is 5.91 Å². The molecule has 0 aromatic heterocycles. The van der Waals surface area contributed by atoms with E-state index in [-0.39, 0.29) is 29.0 Å². The molecule has 0 bridgehead atoms. The predicted octanol–water partition coefficient (Wildman–Crippen LogP) is 1.07. The third-order valence-corrected chi connectivity index (χ3v) is 5.37. The summed E-state index contributed by atoms with van der Waals surface area (Å²) in [5.74, 6) is -0.876. The fraction of sp³-hybridized carbons (Fsp3) is 0.556. The van der Waals surface area contributed by atoms with Crippen molar-refractivity contribution in [2.75, 3.05) is 26.3 Å². The van der Waals surface area contributed by atoms with Crippen molar-refractivity contribution in [2.45, 2.75) is 37.7 Å². The Kier molecular flexibility index (Phi) is 7.76. The van der Waals surface area contributed by atoms with Gasteiger partial charge in [-0.3, -0.25) is 4.79 Å². The largest absolute Gasteiger partial charge is 0.452 e. The summed E-state index contributed by atoms with van der Waals surface area (Å²) in [5.41, 5.74) is 0.0617. The summed E-state index contributed by atoms with van der Waals surface area (Å²) in [5, 5.41) is 2.63. The van der Waals surface area contributed by atoms with Crippen LogP contribution in [-0.4, -0.2) is 52.7 Å². The van der Waals surface area contributed by atoms with Crippen molar-refractivity contribution >= 4 is 21.9 Å². The van der Waals surface area contributed by atoms with Gasteiger partial charge in [0.1, 0.15) is 0 Å². The number of hydrogen-bond acceptors (Lipinski definition) is 6. The average Bonchev–Trinajstić information content (AvgIpc) is 3.16. The number of sulfonamides is 1. The summed E-state index contributed by atoms with van der Waals surface area (Å²) in [4.78, 5) is 23.7. The van der Waals surface area contributed by atoms with E-state index in [1.54, 1.807) is 0 Å². The summed E-state index contributed by atoms with van der Waals surface area (Å²) < 4.78 is 37.6. The van der Waals surface area contributed by atoms with Crippen LogP contribution in [0.2, 0.25) is 0 Å². The van der Waals surface area contributed by atoms with E-state index in [1.165, 1.54) is 24.3 Å². The maximum Gasteiger partial charge on any atom is 0.338 e. The second kappa shape index (κ2) is 9.82. The minimum absolute atomic E-state index is 0.0424. The van der Waals surface area contributed by atoms with Crippen LogP contribution < -0.4 is 10.0 Å². The van der Waals surface area contributed by atoms with Crippen LogP contribution in [0.15, 0.2) is 29.2 Å². The smallest absolute Gasteiger partial charge is 0.338 e. The number of hydrogen-bond donors (Lipinski definition) is 2. The summed E-state index contributed by atoms with van der Waals surface area (Å²) >= 11 is 0. The van der Waals surface area contributed by atoms with Gasteiger partial charge >= 0.3 is 5.97 Å². The molecule has 2 rings (SSSR count). The molecule has 1 heterocycles. The van der Waals surface area contributed by atoms with Crippen molar-refractivity contribution in [3.05, 3.63) is 29.8 Å². The number of amides is 1. The van der Waals surface area contributed by atoms with Crippen molar-refractivity contribution in [3.8, 4) is 0 Å². The maximum atomic E-state index is 12.4. The van der Waals surface area contributed by atoms with Gasteiger partial charge < -0.3 is 14.8 Å². The van der Waals surface area contributed by atoms with Gasteiger partial charge in [-0.2, -0.15) is 0 Å². The van der Waals surface area contributed by atoms with Crippen LogP contribution in [0.25, 0.3) is 0 Å². The molecule has 1 aromatic carbocycles. The van der Waals surface area contributed by atoms with Gasteiger partial charge in [0.2, 0.25) is 10.0 Å². The van der Waals surface area contributed by atoms with E-state index in [9.17, 15) is 18.0 Å². The topological polar surface area (TPSA) is 111 Å². The van der Waals surface area contributed by atoms with Gasteiger partial charge in [-0.25, -0.2) is 17.9 Å². The Morgan fingerprint density at radius 1 is 1.33 bits per heavy atom. The van der Waals surface area contributed by atoms with E-state index in [0.717, 1.165) is 12.8 Å². The van der Waals surface area contributed by atoms with Crippen molar-refractivity contribution in [1.82, 2.24) is 10.0 Å². The van der Waals surface area contributed by atoms with Gasteiger partial charge in [0, 0.05) is 19.7 Å². The van der Waals surface area contributed by atoms with Gasteiger partial charge in [-0.05, 0) is 37.0 Å². The van der Waals surface area contributed by atoms with E-state index in [0.29, 0.717) is 13.2 Å². The molecule has 2 N–H and O–H groups in total. The van der Waals surface area contributed by atoms with Crippen LogP contribution in [-0.2, 0) is 24.3 Å². The highest BCUT2D eigenvalue weighted by molar-refractivity contribution is 7.89. The van der Waals surface area contributed by atoms with Crippen molar-refractivity contribution in [3.63, 3.8) is 0 Å². The minimum Gasteiger partial charge on any atom is -0.452 e. The van der Waals surface area contributed by atoms with Gasteiger partial charge in [0.05, 0.1) is 16.6 Å². The molecule has 1 aromatic rings. The lowest BCUT2D eigenvalue weighted by atomic mass is 10.2. The normalized spacial score (nSPS) is 17.1. The SMILES string of the molecule is CC(C)CNC(=O)COC(=O)c1cccc(S(=O)(=O)NC[C@@H]2CCCO2)c1. The molecular formula is C18H26N2O6S. The molecule has 0 saturated carbocycles. The number of esters is 1. The van der Waals surface area contributed by atoms with E-state index in [2.05, 4.69) is 10.0 Å². The number of carbonyl (C=O) groups is 2. The lowest BCUT2D eigenvalue weighted by molar-refractivity contribution is -0.124. The average molecular weight is 398 g/mol. The second-order valence-electron chi connectivity index (χ2n) is 6.79. The molecule has 1 atom stereocenters. The fourth-order valence-electron chi connectivity index (χ4n) is 2.46. The van der Waals surface area contributed by atoms with Crippen LogP contribution in [0, 0.1) is 5.92 Å². The molecule has 0 aliphatic carbocycles. The maximum absolute atomic E-state index is 12.4. The third-order valence-electron chi connectivity index (χ3n) is 3.95. The highest BCUT2D eigenvalue weighted by atomic mass is 32.2. The lowest BCUT2D eigenvalue weighted by Gasteiger charge is -2.12. The van der Waals surface area contributed by atoms with E-state index in [4.69, 9.17) is 9.47 Å². The predicted molar refractivity (Wildman–Crippen MR) is 98.7 cm³/mol. The molecule has 8 nitrogen and oxygen atoms in total. The molecule has 9 heteroatoms. The van der Waals surface area contributed by atoms with Gasteiger partial charge in [0.15, 0.2) is 6.61 Å². The minimum atomic E-state index is -3.77. The molecule has 0 unspecified atom stereocenters. The molecule has 150 valence electrons. The third kappa shape index (κ3) is 6.93. The number of nitrogens with one attached hydrogen (secondary N) is 2. The first-order valence-electron chi connectivity index (χ1n) is 8.93. The molecule has 1 aliphatic heterocycles. The zero-order chi connectivity index (χ0) is 19.9. The lowest BCUT2D eigenvalue weighted by Crippen LogP contribution is -2.32. The standard InChI is InChI=1S/C18H26N2O6S/c1-13(2)10-19-17(21)12-26-18(22)14-5-3-7-16(9-14)27(23,24)20-11-15-6-4-8-25-15/h3,5,7,9,13,15,20H,4,6,8,10-12H2,1-2H3,(H,19,21)/t15-/m0/s1. The monoisotopic (exact) mass is 398 g/mol. The van der Waals surface area contributed by atoms with Crippen LogP contribution >= 0.6 is 0 Å². The quantitative estimate of drug-likeness (QED) is 0.602. The van der Waals surface area contributed by atoms with E-state index < -0.39 is 28.5 Å². The molecule has 1 saturated heterocycles. The molecule has 0 radical (unpaired) electrons. The zero-order valence-corrected chi connectivity index (χ0v) is 16.4. The summed E-state index contributed by atoms with van der Waals surface area (Å²) in [6.45, 7) is 4.79.